The molecule has 66 heavy (non-hydrogen) atoms. The lowest BCUT2D eigenvalue weighted by Crippen LogP contribution is -2.26. The predicted octanol–water partition coefficient (Wildman–Crippen LogP) is 17.2. The van der Waals surface area contributed by atoms with Gasteiger partial charge < -0.3 is 14.2 Å². The van der Waals surface area contributed by atoms with Gasteiger partial charge in [-0.25, -0.2) is 0 Å². The number of para-hydroxylation sites is 5. The minimum Gasteiger partial charge on any atom is -0.456 e. The quantitative estimate of drug-likeness (QED) is 0.166. The molecule has 0 amide bonds. The molecule has 0 bridgehead atoms. The molecule has 14 rings (SSSR count). The van der Waals surface area contributed by atoms with Crippen molar-refractivity contribution >= 4 is 77.6 Å². The van der Waals surface area contributed by atoms with Gasteiger partial charge in [0.1, 0.15) is 11.2 Å². The molecule has 308 valence electrons. The number of hydrogen-bond acceptors (Lipinski definition) is 3. The fourth-order valence-electron chi connectivity index (χ4n) is 11.6. The normalized spacial score (nSPS) is 13.0. The number of rotatable bonds is 6. The summed E-state index contributed by atoms with van der Waals surface area (Å²) in [6.07, 6.45) is 0. The first-order chi connectivity index (χ1) is 32.8. The van der Waals surface area contributed by atoms with Gasteiger partial charge in [0, 0.05) is 44.3 Å². The fourth-order valence-corrected chi connectivity index (χ4v) is 11.6. The van der Waals surface area contributed by atoms with Crippen LogP contribution >= 0.6 is 0 Å². The smallest absolute Gasteiger partial charge is 0.136 e. The number of fused-ring (bicyclic) bond motifs is 17. The van der Waals surface area contributed by atoms with Crippen molar-refractivity contribution in [3.8, 4) is 22.3 Å². The van der Waals surface area contributed by atoms with Gasteiger partial charge in [-0.05, 0) is 134 Å². The van der Waals surface area contributed by atoms with Crippen molar-refractivity contribution < 1.29 is 4.42 Å². The van der Waals surface area contributed by atoms with Gasteiger partial charge in [-0.2, -0.15) is 0 Å². The number of benzene rings is 11. The summed E-state index contributed by atoms with van der Waals surface area (Å²) in [6.45, 7) is 0. The van der Waals surface area contributed by atoms with E-state index in [1.807, 2.05) is 0 Å². The average molecular weight is 841 g/mol. The molecule has 1 spiro atoms. The molecule has 0 radical (unpaired) electrons. The zero-order valence-electron chi connectivity index (χ0n) is 35.9. The number of furan rings is 1. The van der Waals surface area contributed by atoms with Gasteiger partial charge in [0.15, 0.2) is 0 Å². The van der Waals surface area contributed by atoms with E-state index in [0.717, 1.165) is 61.4 Å². The van der Waals surface area contributed by atoms with E-state index in [9.17, 15) is 0 Å². The van der Waals surface area contributed by atoms with Crippen LogP contribution in [0.5, 0.6) is 0 Å². The van der Waals surface area contributed by atoms with Gasteiger partial charge in [-0.1, -0.05) is 164 Å². The van der Waals surface area contributed by atoms with Gasteiger partial charge in [-0.3, -0.25) is 0 Å². The maximum absolute atomic E-state index is 6.75. The number of hydrogen-bond donors (Lipinski definition) is 0. The van der Waals surface area contributed by atoms with Crippen molar-refractivity contribution in [1.29, 1.82) is 0 Å². The van der Waals surface area contributed by atoms with E-state index >= 15 is 0 Å². The Hall–Kier alpha value is -8.66. The molecule has 0 atom stereocenters. The summed E-state index contributed by atoms with van der Waals surface area (Å²) in [5.74, 6) is 0. The van der Waals surface area contributed by atoms with Crippen LogP contribution in [0.15, 0.2) is 247 Å². The highest BCUT2D eigenvalue weighted by atomic mass is 16.3. The molecule has 0 N–H and O–H groups in total. The third kappa shape index (κ3) is 5.08. The summed E-state index contributed by atoms with van der Waals surface area (Å²) >= 11 is 0. The fraction of sp³-hybridized carbons (Fsp3) is 0.0159. The first kappa shape index (κ1) is 36.8. The average Bonchev–Trinajstić information content (AvgIpc) is 4.01. The molecular weight excluding hydrogens is 801 g/mol. The van der Waals surface area contributed by atoms with Gasteiger partial charge in [-0.15, -0.1) is 0 Å². The van der Waals surface area contributed by atoms with Crippen molar-refractivity contribution in [3.05, 3.63) is 265 Å². The standard InChI is InChI=1S/C63H40N2O/c1-5-21-41(22-6-1)64(42-23-7-2-8-24-42)57-39-55-61(49-33-14-13-31-47(49)57)62-52-37-51-48-32-17-20-36-59(48)66-60(51)38-50(52)58(65(43-25-9-3-10-26-43)44-27-11-4-12-28-44)40-56(62)63(55)53-34-18-15-29-45(53)46-30-16-19-35-54(46)63/h1-40H. The van der Waals surface area contributed by atoms with Crippen LogP contribution in [0.25, 0.3) is 65.7 Å². The van der Waals surface area contributed by atoms with E-state index in [1.165, 1.54) is 60.7 Å². The van der Waals surface area contributed by atoms with Gasteiger partial charge in [0.2, 0.25) is 0 Å². The molecule has 1 aromatic heterocycles. The Labute approximate surface area is 382 Å². The van der Waals surface area contributed by atoms with Crippen LogP contribution in [0.3, 0.4) is 0 Å². The molecule has 2 aliphatic rings. The molecule has 11 aromatic carbocycles. The maximum atomic E-state index is 6.75. The molecule has 3 heteroatoms. The van der Waals surface area contributed by atoms with E-state index in [2.05, 4.69) is 252 Å². The van der Waals surface area contributed by atoms with Crippen LogP contribution in [-0.4, -0.2) is 0 Å². The SMILES string of the molecule is c1ccc(N(c2ccccc2)c2cc3c(c4ccccc24)-c2c(cc(N(c4ccccc4)c4ccccc4)c4cc5oc6ccccc6c5cc24)C32c3ccccc3-c3ccccc32)cc1. The van der Waals surface area contributed by atoms with Crippen molar-refractivity contribution in [2.24, 2.45) is 0 Å². The second-order valence-corrected chi connectivity index (χ2v) is 17.5. The summed E-state index contributed by atoms with van der Waals surface area (Å²) in [5, 5.41) is 6.95. The highest BCUT2D eigenvalue weighted by molar-refractivity contribution is 6.22. The Kier molecular flexibility index (Phi) is 7.90. The first-order valence-electron chi connectivity index (χ1n) is 22.8. The van der Waals surface area contributed by atoms with Crippen molar-refractivity contribution in [2.45, 2.75) is 5.41 Å². The molecule has 0 aliphatic heterocycles. The monoisotopic (exact) mass is 840 g/mol. The summed E-state index contributed by atoms with van der Waals surface area (Å²) in [5.41, 5.74) is 17.9. The third-order valence-corrected chi connectivity index (χ3v) is 14.2. The Bertz CT molecular complexity index is 3750. The Morgan fingerprint density at radius 1 is 0.273 bits per heavy atom. The molecule has 0 saturated carbocycles. The molecule has 1 heterocycles. The van der Waals surface area contributed by atoms with Gasteiger partial charge in [0.25, 0.3) is 0 Å². The molecular formula is C63H40N2O. The van der Waals surface area contributed by atoms with Crippen LogP contribution in [-0.2, 0) is 5.41 Å². The summed E-state index contributed by atoms with van der Waals surface area (Å²) in [7, 11) is 0. The van der Waals surface area contributed by atoms with Crippen molar-refractivity contribution in [2.75, 3.05) is 9.80 Å². The first-order valence-corrected chi connectivity index (χ1v) is 22.8. The highest BCUT2D eigenvalue weighted by Crippen LogP contribution is 2.67. The molecule has 0 saturated heterocycles. The lowest BCUT2D eigenvalue weighted by atomic mass is 9.70. The van der Waals surface area contributed by atoms with E-state index in [1.54, 1.807) is 0 Å². The Morgan fingerprint density at radius 2 is 0.682 bits per heavy atom. The summed E-state index contributed by atoms with van der Waals surface area (Å²) in [4.78, 5) is 4.89. The second-order valence-electron chi connectivity index (χ2n) is 17.5. The van der Waals surface area contributed by atoms with Crippen LogP contribution in [0, 0.1) is 0 Å². The molecule has 2 aliphatic carbocycles. The molecule has 12 aromatic rings. The Morgan fingerprint density at radius 3 is 1.21 bits per heavy atom. The topological polar surface area (TPSA) is 19.6 Å². The summed E-state index contributed by atoms with van der Waals surface area (Å²) in [6, 6.07) is 88.9. The Balaban J connectivity index is 1.21. The lowest BCUT2D eigenvalue weighted by molar-refractivity contribution is 0.669. The molecule has 0 fully saturated rings. The number of anilines is 6. The third-order valence-electron chi connectivity index (χ3n) is 14.2. The number of nitrogens with zero attached hydrogens (tertiary/aromatic N) is 2. The lowest BCUT2D eigenvalue weighted by Gasteiger charge is -2.34. The van der Waals surface area contributed by atoms with Crippen LogP contribution in [0.4, 0.5) is 34.1 Å². The van der Waals surface area contributed by atoms with Crippen LogP contribution in [0.1, 0.15) is 22.3 Å². The second kappa shape index (κ2) is 14.2. The zero-order valence-corrected chi connectivity index (χ0v) is 35.9. The van der Waals surface area contributed by atoms with Crippen molar-refractivity contribution in [1.82, 2.24) is 0 Å². The van der Waals surface area contributed by atoms with Crippen LogP contribution in [0.2, 0.25) is 0 Å². The molecule has 3 nitrogen and oxygen atoms in total. The van der Waals surface area contributed by atoms with E-state index in [-0.39, 0.29) is 0 Å². The van der Waals surface area contributed by atoms with Gasteiger partial charge >= 0.3 is 0 Å². The maximum Gasteiger partial charge on any atom is 0.136 e. The summed E-state index contributed by atoms with van der Waals surface area (Å²) < 4.78 is 6.75. The van der Waals surface area contributed by atoms with E-state index in [4.69, 9.17) is 4.42 Å². The minimum absolute atomic E-state index is 0.676. The van der Waals surface area contributed by atoms with Gasteiger partial charge in [0.05, 0.1) is 16.8 Å². The minimum atomic E-state index is -0.676. The molecule has 0 unspecified atom stereocenters. The van der Waals surface area contributed by atoms with Crippen LogP contribution < -0.4 is 9.80 Å². The van der Waals surface area contributed by atoms with Crippen molar-refractivity contribution in [3.63, 3.8) is 0 Å². The zero-order chi connectivity index (χ0) is 43.3. The van der Waals surface area contributed by atoms with E-state index in [0.29, 0.717) is 0 Å². The van der Waals surface area contributed by atoms with E-state index < -0.39 is 5.41 Å². The largest absolute Gasteiger partial charge is 0.456 e. The highest BCUT2D eigenvalue weighted by Gasteiger charge is 2.53. The predicted molar refractivity (Wildman–Crippen MR) is 274 cm³/mol.